The molecule has 0 spiro atoms. The molecule has 342 valence electrons. The molecule has 0 radical (unpaired) electrons. The van der Waals surface area contributed by atoms with Gasteiger partial charge in [0.05, 0.1) is 40.6 Å². The van der Waals surface area contributed by atoms with Gasteiger partial charge in [-0.25, -0.2) is 17.6 Å². The molecule has 0 aliphatic carbocycles. The fourth-order valence-corrected chi connectivity index (χ4v) is 8.89. The number of phenols is 1. The van der Waals surface area contributed by atoms with Gasteiger partial charge in [-0.2, -0.15) is 0 Å². The van der Waals surface area contributed by atoms with Crippen LogP contribution in [0.1, 0.15) is 34.3 Å². The van der Waals surface area contributed by atoms with E-state index in [-0.39, 0.29) is 21.0 Å². The molecule has 2 aliphatic heterocycles. The third-order valence-corrected chi connectivity index (χ3v) is 12.0. The average molecular weight is 1160 g/mol. The van der Waals surface area contributed by atoms with E-state index >= 15 is 0 Å². The first kappa shape index (κ1) is 51.2. The minimum absolute atomic E-state index is 0.0172. The summed E-state index contributed by atoms with van der Waals surface area (Å²) < 4.78 is 59.4. The highest BCUT2D eigenvalue weighted by molar-refractivity contribution is 9.69. The molecule has 6 nitrogen and oxygen atoms in total. The van der Waals surface area contributed by atoms with Gasteiger partial charge >= 0.3 is 3.18 Å². The number of nitrogens with zero attached hydrogens (tertiary/aromatic N) is 4. The highest BCUT2D eigenvalue weighted by Crippen LogP contribution is 2.39. The van der Waals surface area contributed by atoms with Crippen molar-refractivity contribution in [3.8, 4) is 11.5 Å². The van der Waals surface area contributed by atoms with Crippen LogP contribution in [0.3, 0.4) is 0 Å². The molecule has 2 heterocycles. The maximum absolute atomic E-state index is 13.7. The predicted molar refractivity (Wildman–Crippen MR) is 270 cm³/mol. The van der Waals surface area contributed by atoms with Gasteiger partial charge in [0.2, 0.25) is 0 Å². The van der Waals surface area contributed by atoms with Crippen LogP contribution in [-0.4, -0.2) is 64.5 Å². The Morgan fingerprint density at radius 3 is 1.32 bits per heavy atom. The molecular weight excluding hydrogens is 1120 g/mol. The Labute approximate surface area is 422 Å². The lowest BCUT2D eigenvalue weighted by Crippen LogP contribution is -2.48. The van der Waals surface area contributed by atoms with Crippen molar-refractivity contribution in [1.82, 2.24) is 9.80 Å². The van der Waals surface area contributed by atoms with E-state index in [4.69, 9.17) is 51.1 Å². The Hall–Kier alpha value is -3.18. The molecule has 0 amide bonds. The second kappa shape index (κ2) is 24.2. The van der Waals surface area contributed by atoms with Crippen LogP contribution in [0.4, 0.5) is 28.9 Å². The second-order valence-electron chi connectivity index (χ2n) is 15.2. The molecule has 8 rings (SSSR count). The number of piperazine rings is 2. The first-order chi connectivity index (χ1) is 31.1. The summed E-state index contributed by atoms with van der Waals surface area (Å²) in [6, 6.07) is 34.1. The van der Waals surface area contributed by atoms with Crippen molar-refractivity contribution in [2.45, 2.75) is 25.2 Å². The third kappa shape index (κ3) is 14.4. The highest BCUT2D eigenvalue weighted by Gasteiger charge is 2.31. The van der Waals surface area contributed by atoms with Gasteiger partial charge in [-0.1, -0.05) is 82.8 Å². The quantitative estimate of drug-likeness (QED) is 0.115. The summed E-state index contributed by atoms with van der Waals surface area (Å²) in [6.07, 6.45) is 0. The minimum Gasteiger partial charge on any atom is -0.508 e. The molecule has 6 aromatic rings. The van der Waals surface area contributed by atoms with Crippen LogP contribution in [0.15, 0.2) is 121 Å². The van der Waals surface area contributed by atoms with Gasteiger partial charge < -0.3 is 19.6 Å². The zero-order valence-corrected chi connectivity index (χ0v) is 42.5. The Bertz CT molecular complexity index is 2520. The van der Waals surface area contributed by atoms with Crippen molar-refractivity contribution in [3.05, 3.63) is 187 Å². The molecule has 0 aromatic heterocycles. The van der Waals surface area contributed by atoms with Gasteiger partial charge in [-0.05, 0) is 107 Å². The third-order valence-electron chi connectivity index (χ3n) is 10.9. The highest BCUT2D eigenvalue weighted by atomic mass is 79.9. The number of hydrogen-bond donors (Lipinski definition) is 1. The number of methoxy groups -OCH3 is 1. The van der Waals surface area contributed by atoms with E-state index in [0.29, 0.717) is 52.8 Å². The van der Waals surface area contributed by atoms with Crippen LogP contribution in [0.25, 0.3) is 0 Å². The molecule has 2 saturated heterocycles. The lowest BCUT2D eigenvalue weighted by molar-refractivity contribution is 0.215. The number of ether oxygens (including phenoxy) is 1. The Kier molecular flexibility index (Phi) is 19.1. The molecule has 6 aromatic carbocycles. The molecular formula is C47H42BBr3Cl4F4N4O2. The van der Waals surface area contributed by atoms with Crippen LogP contribution >= 0.6 is 93.7 Å². The van der Waals surface area contributed by atoms with Crippen LogP contribution in [0, 0.1) is 23.3 Å². The molecule has 2 fully saturated rings. The number of aromatic hydroxyl groups is 1. The molecule has 2 unspecified atom stereocenters. The van der Waals surface area contributed by atoms with E-state index < -0.39 is 23.3 Å². The van der Waals surface area contributed by atoms with E-state index in [9.17, 15) is 22.7 Å². The smallest absolute Gasteiger partial charge is 0.369 e. The summed E-state index contributed by atoms with van der Waals surface area (Å²) in [6.45, 7) is 5.29. The van der Waals surface area contributed by atoms with Crippen molar-refractivity contribution in [2.75, 3.05) is 56.2 Å². The summed E-state index contributed by atoms with van der Waals surface area (Å²) in [4.78, 5) is 8.92. The van der Waals surface area contributed by atoms with Crippen molar-refractivity contribution < 1.29 is 27.4 Å². The van der Waals surface area contributed by atoms with Crippen LogP contribution in [0.5, 0.6) is 11.5 Å². The van der Waals surface area contributed by atoms with Crippen LogP contribution < -0.4 is 14.5 Å². The van der Waals surface area contributed by atoms with Crippen LogP contribution in [-0.2, 0) is 13.1 Å². The first-order valence-corrected chi connectivity index (χ1v) is 24.5. The maximum Gasteiger partial charge on any atom is 0.369 e. The molecule has 65 heavy (non-hydrogen) atoms. The lowest BCUT2D eigenvalue weighted by atomic mass is 10.0. The summed E-state index contributed by atoms with van der Waals surface area (Å²) >= 11 is 34.5. The second-order valence-corrected chi connectivity index (χ2v) is 23.3. The zero-order valence-electron chi connectivity index (χ0n) is 34.7. The molecule has 2 atom stereocenters. The maximum atomic E-state index is 13.7. The van der Waals surface area contributed by atoms with Gasteiger partial charge in [0.1, 0.15) is 11.5 Å². The molecule has 0 bridgehead atoms. The Balaban J connectivity index is 0.000000199. The molecule has 0 saturated carbocycles. The van der Waals surface area contributed by atoms with Crippen LogP contribution in [0.2, 0.25) is 20.1 Å². The standard InChI is InChI=1S/C24H22Cl2F2N2O.C23H20Cl2F2N2O.BBr3/c1-31-19-6-3-17(4-7-19)24-15-29(14-16-2-8-21(27)22(28)12-16)10-11-30(24)23-9-5-18(25)13-20(23)26;24-17-4-8-22(19(25)12-17)29-10-9-28(13-15-1-7-20(26)21(27)11-15)14-23(29)16-2-5-18(30)6-3-16;2-1(3)4/h2-9,12-13,24H,10-11,14-15H2,1H3;1-8,11-12,23,30H,9-10,13-14H2;. The fourth-order valence-electron chi connectivity index (χ4n) is 7.86. The zero-order chi connectivity index (χ0) is 46.8. The summed E-state index contributed by atoms with van der Waals surface area (Å²) in [5, 5.41) is 12.0. The van der Waals surface area contributed by atoms with Gasteiger partial charge in [-0.15, -0.1) is 47.3 Å². The Morgan fingerprint density at radius 2 is 0.954 bits per heavy atom. The van der Waals surface area contributed by atoms with E-state index in [2.05, 4.69) is 66.9 Å². The minimum atomic E-state index is -0.845. The lowest BCUT2D eigenvalue weighted by Gasteiger charge is -2.43. The number of anilines is 2. The van der Waals surface area contributed by atoms with E-state index in [1.807, 2.05) is 60.7 Å². The summed E-state index contributed by atoms with van der Waals surface area (Å²) in [7, 11) is 1.64. The topological polar surface area (TPSA) is 42.4 Å². The van der Waals surface area contributed by atoms with E-state index in [0.717, 1.165) is 65.1 Å². The molecule has 1 N–H and O–H groups in total. The van der Waals surface area contributed by atoms with Crippen molar-refractivity contribution in [2.24, 2.45) is 0 Å². The summed E-state index contributed by atoms with van der Waals surface area (Å²) in [5.41, 5.74) is 5.39. The van der Waals surface area contributed by atoms with Gasteiger partial charge in [0.25, 0.3) is 0 Å². The van der Waals surface area contributed by atoms with Gasteiger partial charge in [-0.3, -0.25) is 9.80 Å². The number of hydrogen-bond acceptors (Lipinski definition) is 6. The number of rotatable bonds is 9. The van der Waals surface area contributed by atoms with Crippen molar-refractivity contribution >= 4 is 108 Å². The largest absolute Gasteiger partial charge is 0.508 e. The number of halogens is 11. The Morgan fingerprint density at radius 1 is 0.554 bits per heavy atom. The average Bonchev–Trinajstić information content (AvgIpc) is 3.27. The van der Waals surface area contributed by atoms with Crippen molar-refractivity contribution in [3.63, 3.8) is 0 Å². The SMILES string of the molecule is BrB(Br)Br.COc1ccc(C2CN(Cc3ccc(F)c(F)c3)CCN2c2ccc(Cl)cc2Cl)cc1.Oc1ccc(C2CN(Cc3ccc(F)c(F)c3)CCN2c2ccc(Cl)cc2Cl)cc1. The monoisotopic (exact) mass is 1160 g/mol. The number of phenolic OH excluding ortho intramolecular Hbond substituents is 1. The van der Waals surface area contributed by atoms with E-state index in [1.165, 1.54) is 18.2 Å². The predicted octanol–water partition coefficient (Wildman–Crippen LogP) is 14.5. The normalized spacial score (nSPS) is 16.6. The van der Waals surface area contributed by atoms with Crippen molar-refractivity contribution in [1.29, 1.82) is 0 Å². The molecule has 2 aliphatic rings. The fraction of sp³-hybridized carbons (Fsp3) is 0.234. The number of benzene rings is 6. The molecule has 18 heteroatoms. The first-order valence-electron chi connectivity index (χ1n) is 20.2. The van der Waals surface area contributed by atoms with Gasteiger partial charge in [0, 0.05) is 62.4 Å². The summed E-state index contributed by atoms with van der Waals surface area (Å²) in [5.74, 6) is -2.35. The van der Waals surface area contributed by atoms with E-state index in [1.54, 1.807) is 43.5 Å². The van der Waals surface area contributed by atoms with Gasteiger partial charge in [0.15, 0.2) is 23.3 Å².